The number of benzene rings is 1. The van der Waals surface area contributed by atoms with Gasteiger partial charge >= 0.3 is 0 Å². The molecule has 8 heteroatoms. The monoisotopic (exact) mass is 463 g/mol. The van der Waals surface area contributed by atoms with E-state index in [0.29, 0.717) is 31.0 Å². The molecule has 1 amide bonds. The molecule has 1 saturated heterocycles. The summed E-state index contributed by atoms with van der Waals surface area (Å²) in [6.07, 6.45) is 2.20. The second kappa shape index (κ2) is 9.18. The lowest BCUT2D eigenvalue weighted by atomic mass is 9.94. The number of carbonyl (C=O) groups is 2. The summed E-state index contributed by atoms with van der Waals surface area (Å²) in [5, 5.41) is 7.51. The van der Waals surface area contributed by atoms with Gasteiger partial charge < -0.3 is 15.0 Å². The zero-order valence-electron chi connectivity index (χ0n) is 20.8. The van der Waals surface area contributed by atoms with E-state index >= 15 is 0 Å². The number of dihydropyridines is 1. The Morgan fingerprint density at radius 3 is 2.62 bits per heavy atom. The van der Waals surface area contributed by atoms with Crippen LogP contribution in [-0.2, 0) is 27.8 Å². The summed E-state index contributed by atoms with van der Waals surface area (Å²) in [4.78, 5) is 31.6. The van der Waals surface area contributed by atoms with Crippen LogP contribution in [0.15, 0.2) is 41.0 Å². The fourth-order valence-corrected chi connectivity index (χ4v) is 4.18. The van der Waals surface area contributed by atoms with Crippen LogP contribution in [0.3, 0.4) is 0 Å². The van der Waals surface area contributed by atoms with E-state index in [9.17, 15) is 9.59 Å². The van der Waals surface area contributed by atoms with Crippen molar-refractivity contribution in [3.8, 4) is 0 Å². The van der Waals surface area contributed by atoms with Crippen molar-refractivity contribution in [2.75, 3.05) is 25.0 Å². The van der Waals surface area contributed by atoms with Gasteiger partial charge in [-0.05, 0) is 51.8 Å². The lowest BCUT2D eigenvalue weighted by Crippen LogP contribution is -2.57. The fourth-order valence-electron chi connectivity index (χ4n) is 4.18. The number of likely N-dealkylation sites (tertiary alicyclic amines) is 1. The van der Waals surface area contributed by atoms with Gasteiger partial charge in [0.2, 0.25) is 5.91 Å². The fraction of sp³-hybridized carbons (Fsp3) is 0.462. The van der Waals surface area contributed by atoms with Crippen LogP contribution >= 0.6 is 0 Å². The maximum absolute atomic E-state index is 12.8. The summed E-state index contributed by atoms with van der Waals surface area (Å²) in [7, 11) is 1.86. The zero-order valence-corrected chi connectivity index (χ0v) is 20.8. The second-order valence-corrected chi connectivity index (χ2v) is 10.0. The summed E-state index contributed by atoms with van der Waals surface area (Å²) in [5.41, 5.74) is 4.86. The van der Waals surface area contributed by atoms with Gasteiger partial charge in [0.1, 0.15) is 6.54 Å². The number of carbonyl (C=O) groups excluding carboxylic acids is 2. The second-order valence-electron chi connectivity index (χ2n) is 10.0. The van der Waals surface area contributed by atoms with E-state index < -0.39 is 0 Å². The summed E-state index contributed by atoms with van der Waals surface area (Å²) >= 11 is 0. The molecule has 0 atom stereocenters. The minimum absolute atomic E-state index is 0.0749. The molecule has 4 rings (SSSR count). The van der Waals surface area contributed by atoms with Crippen LogP contribution in [0.25, 0.3) is 0 Å². The van der Waals surface area contributed by atoms with E-state index in [2.05, 4.69) is 15.4 Å². The maximum Gasteiger partial charge on any atom is 0.227 e. The number of aryl methyl sites for hydroxylation is 2. The van der Waals surface area contributed by atoms with Gasteiger partial charge in [0.15, 0.2) is 11.6 Å². The molecule has 2 aliphatic rings. The molecule has 1 aromatic heterocycles. The minimum atomic E-state index is -0.205. The van der Waals surface area contributed by atoms with Crippen molar-refractivity contribution in [1.82, 2.24) is 14.7 Å². The average Bonchev–Trinajstić information content (AvgIpc) is 3.04. The van der Waals surface area contributed by atoms with Gasteiger partial charge in [0.05, 0.1) is 29.5 Å². The van der Waals surface area contributed by atoms with E-state index in [1.165, 1.54) is 0 Å². The van der Waals surface area contributed by atoms with Crippen molar-refractivity contribution in [2.45, 2.75) is 52.7 Å². The molecule has 1 N–H and O–H groups in total. The third kappa shape index (κ3) is 5.28. The number of amides is 1. The molecule has 0 unspecified atom stereocenters. The Morgan fingerprint density at radius 2 is 1.97 bits per heavy atom. The number of hydrogen-bond donors (Lipinski definition) is 1. The highest BCUT2D eigenvalue weighted by Gasteiger charge is 2.34. The van der Waals surface area contributed by atoms with Gasteiger partial charge in [-0.1, -0.05) is 18.2 Å². The van der Waals surface area contributed by atoms with E-state index in [-0.39, 0.29) is 29.9 Å². The first kappa shape index (κ1) is 23.9. The molecular weight excluding hydrogens is 430 g/mol. The number of aliphatic imine (C=N–C) groups is 1. The average molecular weight is 464 g/mol. The zero-order chi connectivity index (χ0) is 24.6. The molecule has 3 heterocycles. The number of nitrogens with one attached hydrogen (secondary N) is 1. The molecule has 2 aliphatic heterocycles. The molecule has 0 bridgehead atoms. The molecular formula is C26H33N5O3. The molecule has 34 heavy (non-hydrogen) atoms. The van der Waals surface area contributed by atoms with Gasteiger partial charge in [-0.3, -0.25) is 19.3 Å². The lowest BCUT2D eigenvalue weighted by molar-refractivity contribution is -0.156. The summed E-state index contributed by atoms with van der Waals surface area (Å²) in [6.45, 7) is 11.4. The first-order valence-electron chi connectivity index (χ1n) is 11.6. The Morgan fingerprint density at radius 1 is 1.24 bits per heavy atom. The van der Waals surface area contributed by atoms with E-state index in [0.717, 1.165) is 28.1 Å². The predicted molar refractivity (Wildman–Crippen MR) is 132 cm³/mol. The lowest BCUT2D eigenvalue weighted by Gasteiger charge is -2.42. The van der Waals surface area contributed by atoms with Gasteiger partial charge in [-0.25, -0.2) is 0 Å². The first-order valence-corrected chi connectivity index (χ1v) is 11.6. The molecule has 2 aromatic rings. The van der Waals surface area contributed by atoms with Crippen molar-refractivity contribution in [2.24, 2.45) is 12.0 Å². The van der Waals surface area contributed by atoms with Gasteiger partial charge in [0.25, 0.3) is 0 Å². The third-order valence-electron chi connectivity index (χ3n) is 6.14. The predicted octanol–water partition coefficient (Wildman–Crippen LogP) is 2.97. The number of allylic oxidation sites excluding steroid dienone is 1. The molecule has 0 aliphatic carbocycles. The highest BCUT2D eigenvalue weighted by molar-refractivity contribution is 6.18. The van der Waals surface area contributed by atoms with Crippen LogP contribution in [0, 0.1) is 13.8 Å². The van der Waals surface area contributed by atoms with Gasteiger partial charge in [-0.2, -0.15) is 5.10 Å². The Balaban J connectivity index is 1.46. The number of ketones is 1. The Hall–Kier alpha value is -3.26. The Kier molecular flexibility index (Phi) is 6.45. The third-order valence-corrected chi connectivity index (χ3v) is 6.14. The van der Waals surface area contributed by atoms with Crippen LogP contribution in [0.4, 0.5) is 5.82 Å². The standard InChI is InChI=1S/C26H33N5O3/c1-16-10-24(29-30(16)6)28-22-12-21(27-13-23(22)32)20-9-7-8-18(17(20)2)11-25(33)31-14-19(15-31)34-26(3,4)5/h7-10,12,19H,11,13-15H2,1-6H3,(H,28,29). The molecule has 1 fully saturated rings. The Bertz CT molecular complexity index is 1160. The number of anilines is 1. The van der Waals surface area contributed by atoms with E-state index in [1.807, 2.05) is 70.8 Å². The van der Waals surface area contributed by atoms with Crippen LogP contribution in [-0.4, -0.2) is 63.4 Å². The summed E-state index contributed by atoms with van der Waals surface area (Å²) in [6, 6.07) is 7.79. The number of ether oxygens (including phenoxy) is 1. The van der Waals surface area contributed by atoms with Gasteiger partial charge in [-0.15, -0.1) is 0 Å². The number of Topliss-reactive ketones (excluding diaryl/α,β-unsaturated/α-hetero) is 1. The molecule has 0 spiro atoms. The minimum Gasteiger partial charge on any atom is -0.369 e. The normalized spacial score (nSPS) is 16.8. The number of hydrogen-bond acceptors (Lipinski definition) is 6. The number of aromatic nitrogens is 2. The van der Waals surface area contributed by atoms with Crippen molar-refractivity contribution >= 4 is 23.2 Å². The largest absolute Gasteiger partial charge is 0.369 e. The highest BCUT2D eigenvalue weighted by atomic mass is 16.5. The van der Waals surface area contributed by atoms with Crippen LogP contribution in [0.5, 0.6) is 0 Å². The number of rotatable bonds is 6. The Labute approximate surface area is 200 Å². The highest BCUT2D eigenvalue weighted by Crippen LogP contribution is 2.23. The molecule has 8 nitrogen and oxygen atoms in total. The number of nitrogens with zero attached hydrogens (tertiary/aromatic N) is 4. The van der Waals surface area contributed by atoms with Crippen LogP contribution in [0.2, 0.25) is 0 Å². The quantitative estimate of drug-likeness (QED) is 0.712. The molecule has 0 radical (unpaired) electrons. The van der Waals surface area contributed by atoms with E-state index in [1.54, 1.807) is 10.8 Å². The topological polar surface area (TPSA) is 88.8 Å². The molecule has 180 valence electrons. The first-order chi connectivity index (χ1) is 16.0. The SMILES string of the molecule is Cc1c(CC(=O)N2CC(OC(C)(C)C)C2)cccc1C1=NCC(=O)C(Nc2cc(C)n(C)n2)=C1. The van der Waals surface area contributed by atoms with Crippen LogP contribution in [0.1, 0.15) is 43.2 Å². The van der Waals surface area contributed by atoms with Crippen molar-refractivity contribution in [1.29, 1.82) is 0 Å². The van der Waals surface area contributed by atoms with E-state index in [4.69, 9.17) is 4.74 Å². The maximum atomic E-state index is 12.8. The van der Waals surface area contributed by atoms with Crippen molar-refractivity contribution < 1.29 is 14.3 Å². The summed E-state index contributed by atoms with van der Waals surface area (Å²) in [5.74, 6) is 0.638. The smallest absolute Gasteiger partial charge is 0.227 e. The molecule has 0 saturated carbocycles. The van der Waals surface area contributed by atoms with Gasteiger partial charge in [0, 0.05) is 37.5 Å². The summed E-state index contributed by atoms with van der Waals surface area (Å²) < 4.78 is 7.70. The molecule has 1 aromatic carbocycles. The van der Waals surface area contributed by atoms with Crippen molar-refractivity contribution in [3.63, 3.8) is 0 Å². The van der Waals surface area contributed by atoms with Crippen LogP contribution < -0.4 is 5.32 Å². The van der Waals surface area contributed by atoms with Crippen molar-refractivity contribution in [3.05, 3.63) is 58.4 Å².